The van der Waals surface area contributed by atoms with Gasteiger partial charge in [0.05, 0.1) is 6.20 Å². The number of nitrogens with zero attached hydrogens (tertiary/aromatic N) is 3. The van der Waals surface area contributed by atoms with Crippen LogP contribution in [0.1, 0.15) is 5.69 Å². The molecule has 0 amide bonds. The predicted molar refractivity (Wildman–Crippen MR) is 27.8 cm³/mol. The molecule has 8 heavy (non-hydrogen) atoms. The van der Waals surface area contributed by atoms with E-state index in [1.54, 1.807) is 0 Å². The molecule has 0 unspecified atom stereocenters. The number of rotatable bonds is 0. The highest BCUT2D eigenvalue weighted by atomic mass is 15.1. The molecule has 1 rings (SSSR count). The normalized spacial score (nSPS) is 7.88. The fourth-order valence-electron chi connectivity index (χ4n) is 0.314. The van der Waals surface area contributed by atoms with E-state index in [1.807, 2.05) is 0 Å². The van der Waals surface area contributed by atoms with E-state index in [0.717, 1.165) is 0 Å². The van der Waals surface area contributed by atoms with Gasteiger partial charge in [-0.3, -0.25) is 0 Å². The van der Waals surface area contributed by atoms with Gasteiger partial charge in [0.15, 0.2) is 5.69 Å². The quantitative estimate of drug-likeness (QED) is 0.431. The Kier molecular flexibility index (Phi) is 1.20. The van der Waals surface area contributed by atoms with Gasteiger partial charge in [-0.1, -0.05) is 0 Å². The van der Waals surface area contributed by atoms with E-state index < -0.39 is 0 Å². The van der Waals surface area contributed by atoms with Crippen LogP contribution in [-0.4, -0.2) is 15.2 Å². The van der Waals surface area contributed by atoms with Crippen molar-refractivity contribution in [2.24, 2.45) is 0 Å². The summed E-state index contributed by atoms with van der Waals surface area (Å²) >= 11 is 0. The summed E-state index contributed by atoms with van der Waals surface area (Å²) < 4.78 is 0. The van der Waals surface area contributed by atoms with Crippen LogP contribution in [0.2, 0.25) is 0 Å². The molecule has 1 aromatic heterocycles. The summed E-state index contributed by atoms with van der Waals surface area (Å²) in [6.45, 7) is 0. The number of aromatic nitrogens is 3. The van der Waals surface area contributed by atoms with Gasteiger partial charge >= 0.3 is 0 Å². The van der Waals surface area contributed by atoms with Crippen LogP contribution in [-0.2, 0) is 0 Å². The maximum absolute atomic E-state index is 4.96. The Balaban J connectivity index is 3.05. The first-order valence-corrected chi connectivity index (χ1v) is 2.03. The summed E-state index contributed by atoms with van der Waals surface area (Å²) in [4.78, 5) is 3.64. The van der Waals surface area contributed by atoms with Gasteiger partial charge in [-0.15, -0.1) is 16.6 Å². The molecule has 0 radical (unpaired) electrons. The zero-order valence-electron chi connectivity index (χ0n) is 4.07. The third-order valence-electron chi connectivity index (χ3n) is 0.628. The second-order valence-electron chi connectivity index (χ2n) is 1.14. The van der Waals surface area contributed by atoms with Crippen LogP contribution in [0, 0.1) is 12.3 Å². The molecule has 0 aliphatic carbocycles. The molecule has 0 aromatic carbocycles. The Morgan fingerprint density at radius 1 is 1.62 bits per heavy atom. The molecule has 0 spiro atoms. The molecule has 1 aromatic rings. The summed E-state index contributed by atoms with van der Waals surface area (Å²) in [5.74, 6) is 2.29. The predicted octanol–water partition coefficient (Wildman–Crippen LogP) is -0.147. The van der Waals surface area contributed by atoms with E-state index >= 15 is 0 Å². The van der Waals surface area contributed by atoms with Crippen molar-refractivity contribution in [2.75, 3.05) is 0 Å². The minimum Gasteiger partial charge on any atom is -0.240 e. The fraction of sp³-hybridized carbons (Fsp3) is 0. The number of hydrogen-bond acceptors (Lipinski definition) is 3. The molecule has 0 bridgehead atoms. The molecular formula is C5H3N3. The molecule has 0 fully saturated rings. The zero-order valence-corrected chi connectivity index (χ0v) is 4.07. The Morgan fingerprint density at radius 3 is 2.88 bits per heavy atom. The summed E-state index contributed by atoms with van der Waals surface area (Å²) in [6.07, 6.45) is 7.77. The summed E-state index contributed by atoms with van der Waals surface area (Å²) in [6, 6.07) is 0. The summed E-state index contributed by atoms with van der Waals surface area (Å²) in [5, 5.41) is 7.00. The largest absolute Gasteiger partial charge is 0.240 e. The first kappa shape index (κ1) is 4.72. The van der Waals surface area contributed by atoms with E-state index in [-0.39, 0.29) is 0 Å². The molecule has 0 aliphatic rings. The maximum Gasteiger partial charge on any atom is 0.153 e. The van der Waals surface area contributed by atoms with Crippen LogP contribution in [0.25, 0.3) is 0 Å². The van der Waals surface area contributed by atoms with E-state index in [9.17, 15) is 0 Å². The van der Waals surface area contributed by atoms with Crippen molar-refractivity contribution < 1.29 is 0 Å². The van der Waals surface area contributed by atoms with Crippen molar-refractivity contribution in [3.05, 3.63) is 18.2 Å². The minimum atomic E-state index is 0.465. The van der Waals surface area contributed by atoms with Crippen LogP contribution >= 0.6 is 0 Å². The van der Waals surface area contributed by atoms with Crippen LogP contribution in [0.3, 0.4) is 0 Å². The SMILES string of the molecule is C#Cc1cncnn1. The van der Waals surface area contributed by atoms with Gasteiger partial charge in [-0.05, 0) is 5.92 Å². The average molecular weight is 105 g/mol. The Hall–Kier alpha value is -1.43. The van der Waals surface area contributed by atoms with E-state index in [2.05, 4.69) is 21.1 Å². The van der Waals surface area contributed by atoms with Crippen molar-refractivity contribution in [1.29, 1.82) is 0 Å². The van der Waals surface area contributed by atoms with E-state index in [0.29, 0.717) is 5.69 Å². The molecule has 0 saturated carbocycles. The van der Waals surface area contributed by atoms with Gasteiger partial charge in [-0.25, -0.2) is 4.98 Å². The van der Waals surface area contributed by atoms with Gasteiger partial charge in [0.2, 0.25) is 0 Å². The lowest BCUT2D eigenvalue weighted by atomic mass is 10.5. The average Bonchev–Trinajstić information content (AvgIpc) is 1.90. The fourth-order valence-corrected chi connectivity index (χ4v) is 0.314. The van der Waals surface area contributed by atoms with E-state index in [4.69, 9.17) is 6.42 Å². The molecule has 38 valence electrons. The third kappa shape index (κ3) is 0.793. The lowest BCUT2D eigenvalue weighted by molar-refractivity contribution is 0.954. The van der Waals surface area contributed by atoms with E-state index in [1.165, 1.54) is 12.5 Å². The van der Waals surface area contributed by atoms with Crippen molar-refractivity contribution in [1.82, 2.24) is 15.2 Å². The highest BCUT2D eigenvalue weighted by molar-refractivity contribution is 5.17. The molecule has 1 heterocycles. The maximum atomic E-state index is 4.96. The second kappa shape index (κ2) is 2.03. The first-order chi connectivity index (χ1) is 3.93. The van der Waals surface area contributed by atoms with Gasteiger partial charge in [-0.2, -0.15) is 0 Å². The Morgan fingerprint density at radius 2 is 2.50 bits per heavy atom. The topological polar surface area (TPSA) is 38.7 Å². The summed E-state index contributed by atoms with van der Waals surface area (Å²) in [5.41, 5.74) is 0.465. The minimum absolute atomic E-state index is 0.465. The number of terminal acetylenes is 1. The Bertz CT molecular complexity index is 199. The van der Waals surface area contributed by atoms with Gasteiger partial charge in [0, 0.05) is 0 Å². The van der Waals surface area contributed by atoms with Crippen molar-refractivity contribution in [3.8, 4) is 12.3 Å². The van der Waals surface area contributed by atoms with Gasteiger partial charge in [0.25, 0.3) is 0 Å². The van der Waals surface area contributed by atoms with Crippen molar-refractivity contribution >= 4 is 0 Å². The van der Waals surface area contributed by atoms with Crippen molar-refractivity contribution in [2.45, 2.75) is 0 Å². The lowest BCUT2D eigenvalue weighted by Gasteiger charge is -1.79. The standard InChI is InChI=1S/C5H3N3/c1-2-5-3-6-4-7-8-5/h1,3-4H. The molecular weight excluding hydrogens is 102 g/mol. The number of hydrogen-bond donors (Lipinski definition) is 0. The first-order valence-electron chi connectivity index (χ1n) is 2.03. The smallest absolute Gasteiger partial charge is 0.153 e. The van der Waals surface area contributed by atoms with Crippen LogP contribution in [0.15, 0.2) is 12.5 Å². The molecule has 0 atom stereocenters. The summed E-state index contributed by atoms with van der Waals surface area (Å²) in [7, 11) is 0. The van der Waals surface area contributed by atoms with Crippen molar-refractivity contribution in [3.63, 3.8) is 0 Å². The molecule has 0 saturated heterocycles. The zero-order chi connectivity index (χ0) is 5.82. The molecule has 3 heteroatoms. The lowest BCUT2D eigenvalue weighted by Crippen LogP contribution is -1.85. The molecule has 0 N–H and O–H groups in total. The highest BCUT2D eigenvalue weighted by Crippen LogP contribution is 1.79. The molecule has 0 aliphatic heterocycles. The van der Waals surface area contributed by atoms with Gasteiger partial charge in [0.1, 0.15) is 6.33 Å². The van der Waals surface area contributed by atoms with Crippen LogP contribution in [0.4, 0.5) is 0 Å². The monoisotopic (exact) mass is 105 g/mol. The second-order valence-corrected chi connectivity index (χ2v) is 1.14. The van der Waals surface area contributed by atoms with Crippen LogP contribution < -0.4 is 0 Å². The highest BCUT2D eigenvalue weighted by Gasteiger charge is 1.80. The molecule has 3 nitrogen and oxygen atoms in total. The van der Waals surface area contributed by atoms with Gasteiger partial charge < -0.3 is 0 Å². The Labute approximate surface area is 46.8 Å². The van der Waals surface area contributed by atoms with Crippen LogP contribution in [0.5, 0.6) is 0 Å². The third-order valence-corrected chi connectivity index (χ3v) is 0.628.